The molecule has 1 atom stereocenters. The van der Waals surface area contributed by atoms with Gasteiger partial charge in [-0.25, -0.2) is 4.39 Å². The van der Waals surface area contributed by atoms with E-state index in [2.05, 4.69) is 0 Å². The summed E-state index contributed by atoms with van der Waals surface area (Å²) in [4.78, 5) is 2.03. The van der Waals surface area contributed by atoms with Gasteiger partial charge in [0.1, 0.15) is 5.82 Å². The molecule has 0 fully saturated rings. The molecule has 0 aliphatic carbocycles. The molecule has 2 rings (SSSR count). The Morgan fingerprint density at radius 3 is 2.29 bits per heavy atom. The maximum Gasteiger partial charge on any atom is 0.123 e. The van der Waals surface area contributed by atoms with Crippen LogP contribution in [-0.2, 0) is 13.0 Å². The Balaban J connectivity index is 2.01. The van der Waals surface area contributed by atoms with E-state index in [1.807, 2.05) is 35.2 Å². The molecule has 3 nitrogen and oxygen atoms in total. The Labute approximate surface area is 124 Å². The van der Waals surface area contributed by atoms with Crippen LogP contribution < -0.4 is 5.73 Å². The number of hydrogen-bond acceptors (Lipinski definition) is 3. The van der Waals surface area contributed by atoms with Crippen molar-refractivity contribution in [2.45, 2.75) is 19.1 Å². The van der Waals surface area contributed by atoms with Crippen LogP contribution in [0, 0.1) is 5.82 Å². The standard InChI is InChI=1S/C17H21FN2O/c18-16-8-6-14(7-9-16)12-17(19)20(10-11-21)13-15-4-2-1-3-5-15/h1-9,17,21H,10-13,19H2. The summed E-state index contributed by atoms with van der Waals surface area (Å²) in [7, 11) is 0. The van der Waals surface area contributed by atoms with Crippen LogP contribution in [0.4, 0.5) is 4.39 Å². The van der Waals surface area contributed by atoms with Gasteiger partial charge in [0.2, 0.25) is 0 Å². The van der Waals surface area contributed by atoms with Gasteiger partial charge in [-0.2, -0.15) is 0 Å². The van der Waals surface area contributed by atoms with E-state index < -0.39 is 0 Å². The molecule has 0 aliphatic heterocycles. The predicted molar refractivity (Wildman–Crippen MR) is 82.0 cm³/mol. The number of benzene rings is 2. The lowest BCUT2D eigenvalue weighted by molar-refractivity contribution is 0.144. The summed E-state index contributed by atoms with van der Waals surface area (Å²) in [5.41, 5.74) is 8.38. The number of nitrogens with zero attached hydrogens (tertiary/aromatic N) is 1. The first-order chi connectivity index (χ1) is 10.2. The number of aliphatic hydroxyl groups excluding tert-OH is 1. The van der Waals surface area contributed by atoms with Gasteiger partial charge in [-0.05, 0) is 23.3 Å². The Hall–Kier alpha value is -1.75. The Morgan fingerprint density at radius 1 is 1.00 bits per heavy atom. The fourth-order valence-corrected chi connectivity index (χ4v) is 2.30. The molecule has 2 aromatic rings. The van der Waals surface area contributed by atoms with Crippen molar-refractivity contribution in [2.24, 2.45) is 5.73 Å². The molecule has 0 radical (unpaired) electrons. The minimum Gasteiger partial charge on any atom is -0.395 e. The topological polar surface area (TPSA) is 49.5 Å². The van der Waals surface area contributed by atoms with Gasteiger partial charge in [-0.3, -0.25) is 4.90 Å². The van der Waals surface area contributed by atoms with Gasteiger partial charge in [-0.1, -0.05) is 42.5 Å². The van der Waals surface area contributed by atoms with Crippen molar-refractivity contribution in [3.63, 3.8) is 0 Å². The van der Waals surface area contributed by atoms with E-state index in [0.29, 0.717) is 19.5 Å². The number of nitrogens with two attached hydrogens (primary N) is 1. The monoisotopic (exact) mass is 288 g/mol. The van der Waals surface area contributed by atoms with E-state index >= 15 is 0 Å². The molecule has 3 N–H and O–H groups in total. The molecule has 0 bridgehead atoms. The Morgan fingerprint density at radius 2 is 1.67 bits per heavy atom. The molecular formula is C17H21FN2O. The fourth-order valence-electron chi connectivity index (χ4n) is 2.30. The SMILES string of the molecule is NC(Cc1ccc(F)cc1)N(CCO)Cc1ccccc1. The van der Waals surface area contributed by atoms with Crippen LogP contribution in [0.25, 0.3) is 0 Å². The van der Waals surface area contributed by atoms with Crippen LogP contribution in [0.3, 0.4) is 0 Å². The molecule has 2 aromatic carbocycles. The van der Waals surface area contributed by atoms with Gasteiger partial charge in [0.05, 0.1) is 12.8 Å². The van der Waals surface area contributed by atoms with Gasteiger partial charge in [0.15, 0.2) is 0 Å². The van der Waals surface area contributed by atoms with Crippen molar-refractivity contribution in [3.8, 4) is 0 Å². The average Bonchev–Trinajstić information content (AvgIpc) is 2.50. The van der Waals surface area contributed by atoms with E-state index in [9.17, 15) is 9.50 Å². The highest BCUT2D eigenvalue weighted by Gasteiger charge is 2.14. The summed E-state index contributed by atoms with van der Waals surface area (Å²) in [5.74, 6) is -0.246. The van der Waals surface area contributed by atoms with Crippen LogP contribution in [0.1, 0.15) is 11.1 Å². The highest BCUT2D eigenvalue weighted by molar-refractivity contribution is 5.18. The Kier molecular flexibility index (Phi) is 5.87. The van der Waals surface area contributed by atoms with Crippen molar-refractivity contribution in [1.82, 2.24) is 4.90 Å². The molecule has 0 spiro atoms. The number of aliphatic hydroxyl groups is 1. The molecule has 1 unspecified atom stereocenters. The molecule has 0 heterocycles. The Bertz CT molecular complexity index is 530. The highest BCUT2D eigenvalue weighted by atomic mass is 19.1. The third-order valence-electron chi connectivity index (χ3n) is 3.44. The molecule has 4 heteroatoms. The summed E-state index contributed by atoms with van der Waals surface area (Å²) in [5, 5.41) is 9.22. The van der Waals surface area contributed by atoms with Crippen molar-refractivity contribution < 1.29 is 9.50 Å². The molecule has 0 saturated carbocycles. The zero-order chi connectivity index (χ0) is 15.1. The summed E-state index contributed by atoms with van der Waals surface area (Å²) >= 11 is 0. The maximum absolute atomic E-state index is 12.9. The first-order valence-corrected chi connectivity index (χ1v) is 7.08. The van der Waals surface area contributed by atoms with Crippen molar-refractivity contribution in [3.05, 3.63) is 71.5 Å². The summed E-state index contributed by atoms with van der Waals surface area (Å²) in [6.45, 7) is 1.25. The second-order valence-corrected chi connectivity index (χ2v) is 5.08. The van der Waals surface area contributed by atoms with E-state index in [-0.39, 0.29) is 18.6 Å². The average molecular weight is 288 g/mol. The first-order valence-electron chi connectivity index (χ1n) is 7.08. The minimum atomic E-state index is -0.246. The van der Waals surface area contributed by atoms with Gasteiger partial charge >= 0.3 is 0 Å². The van der Waals surface area contributed by atoms with Crippen LogP contribution in [0.2, 0.25) is 0 Å². The maximum atomic E-state index is 12.9. The van der Waals surface area contributed by atoms with E-state index in [0.717, 1.165) is 11.1 Å². The molecule has 0 amide bonds. The van der Waals surface area contributed by atoms with Crippen LogP contribution in [0.5, 0.6) is 0 Å². The predicted octanol–water partition coefficient (Wildman–Crippen LogP) is 2.15. The third-order valence-corrected chi connectivity index (χ3v) is 3.44. The lowest BCUT2D eigenvalue weighted by atomic mass is 10.1. The molecule has 0 saturated heterocycles. The fraction of sp³-hybridized carbons (Fsp3) is 0.294. The van der Waals surface area contributed by atoms with Crippen LogP contribution in [-0.4, -0.2) is 29.3 Å². The summed E-state index contributed by atoms with van der Waals surface area (Å²) in [6.07, 6.45) is 0.399. The number of halogens is 1. The second-order valence-electron chi connectivity index (χ2n) is 5.08. The van der Waals surface area contributed by atoms with Gasteiger partial charge in [-0.15, -0.1) is 0 Å². The smallest absolute Gasteiger partial charge is 0.123 e. The van der Waals surface area contributed by atoms with Gasteiger partial charge in [0.25, 0.3) is 0 Å². The summed E-state index contributed by atoms with van der Waals surface area (Å²) < 4.78 is 12.9. The first kappa shape index (κ1) is 15.6. The van der Waals surface area contributed by atoms with Crippen LogP contribution in [0.15, 0.2) is 54.6 Å². The lowest BCUT2D eigenvalue weighted by Crippen LogP contribution is -2.44. The zero-order valence-corrected chi connectivity index (χ0v) is 12.0. The highest BCUT2D eigenvalue weighted by Crippen LogP contribution is 2.11. The minimum absolute atomic E-state index is 0.0595. The van der Waals surface area contributed by atoms with E-state index in [1.165, 1.54) is 12.1 Å². The molecule has 112 valence electrons. The van der Waals surface area contributed by atoms with Gasteiger partial charge < -0.3 is 10.8 Å². The quantitative estimate of drug-likeness (QED) is 0.768. The number of hydrogen-bond donors (Lipinski definition) is 2. The van der Waals surface area contributed by atoms with E-state index in [4.69, 9.17) is 5.73 Å². The summed E-state index contributed by atoms with van der Waals surface area (Å²) in [6, 6.07) is 16.4. The zero-order valence-electron chi connectivity index (χ0n) is 12.0. The molecular weight excluding hydrogens is 267 g/mol. The van der Waals surface area contributed by atoms with Crippen molar-refractivity contribution in [1.29, 1.82) is 0 Å². The third kappa shape index (κ3) is 4.93. The molecule has 0 aliphatic rings. The second kappa shape index (κ2) is 7.88. The largest absolute Gasteiger partial charge is 0.395 e. The van der Waals surface area contributed by atoms with Crippen molar-refractivity contribution >= 4 is 0 Å². The number of rotatable bonds is 7. The van der Waals surface area contributed by atoms with E-state index in [1.54, 1.807) is 12.1 Å². The van der Waals surface area contributed by atoms with Gasteiger partial charge in [0, 0.05) is 19.5 Å². The van der Waals surface area contributed by atoms with Crippen LogP contribution >= 0.6 is 0 Å². The van der Waals surface area contributed by atoms with Crippen molar-refractivity contribution in [2.75, 3.05) is 13.2 Å². The lowest BCUT2D eigenvalue weighted by Gasteiger charge is -2.28. The molecule has 21 heavy (non-hydrogen) atoms. The normalized spacial score (nSPS) is 12.6. The molecule has 0 aromatic heterocycles.